The van der Waals surface area contributed by atoms with E-state index >= 15 is 0 Å². The highest BCUT2D eigenvalue weighted by Gasteiger charge is 2.37. The summed E-state index contributed by atoms with van der Waals surface area (Å²) in [6, 6.07) is 21.1. The van der Waals surface area contributed by atoms with Gasteiger partial charge in [0.15, 0.2) is 0 Å². The summed E-state index contributed by atoms with van der Waals surface area (Å²) < 4.78 is 19.7. The highest BCUT2D eigenvalue weighted by Crippen LogP contribution is 2.32. The molecule has 0 spiro atoms. The lowest BCUT2D eigenvalue weighted by Gasteiger charge is -2.40. The van der Waals surface area contributed by atoms with Crippen LogP contribution >= 0.6 is 11.6 Å². The van der Waals surface area contributed by atoms with E-state index in [0.717, 1.165) is 0 Å². The monoisotopic (exact) mass is 523 g/mol. The van der Waals surface area contributed by atoms with Crippen molar-refractivity contribution in [1.82, 2.24) is 10.2 Å². The van der Waals surface area contributed by atoms with E-state index in [1.807, 2.05) is 30.3 Å². The Bertz CT molecular complexity index is 1190. The zero-order chi connectivity index (χ0) is 26.4. The molecule has 1 fully saturated rings. The number of rotatable bonds is 8. The van der Waals surface area contributed by atoms with Crippen LogP contribution in [0.25, 0.3) is 0 Å². The average Bonchev–Trinajstić information content (AvgIpc) is 2.93. The number of hydrogen-bond acceptors (Lipinski definition) is 4. The standard InChI is InChI=1S/C29H31ClFN3O3/c1-20(2)26-19-33(17-16-32-26)29(36)28(21-8-10-22(31)11-9-21)34(27(35)18-30)23-12-14-25(15-13-23)37-24-6-4-3-5-7-24/h3-15,20,26,28,32H,16-19H2,1-2H3/t26-,28?/m0/s1. The Kier molecular flexibility index (Phi) is 8.79. The lowest BCUT2D eigenvalue weighted by Crippen LogP contribution is -2.57. The number of carbonyl (C=O) groups excluding carboxylic acids is 2. The first-order valence-corrected chi connectivity index (χ1v) is 12.9. The molecule has 1 aliphatic heterocycles. The molecule has 194 valence electrons. The van der Waals surface area contributed by atoms with E-state index in [2.05, 4.69) is 19.2 Å². The van der Waals surface area contributed by atoms with Gasteiger partial charge in [0, 0.05) is 31.4 Å². The van der Waals surface area contributed by atoms with Crippen LogP contribution in [0.1, 0.15) is 25.5 Å². The molecular formula is C29H31ClFN3O3. The fourth-order valence-electron chi connectivity index (χ4n) is 4.45. The molecule has 4 rings (SSSR count). The number of amides is 2. The molecule has 37 heavy (non-hydrogen) atoms. The van der Waals surface area contributed by atoms with E-state index in [4.69, 9.17) is 16.3 Å². The van der Waals surface area contributed by atoms with Crippen LogP contribution in [0.15, 0.2) is 78.9 Å². The number of alkyl halides is 1. The second kappa shape index (κ2) is 12.2. The summed E-state index contributed by atoms with van der Waals surface area (Å²) in [4.78, 5) is 30.5. The first-order chi connectivity index (χ1) is 17.9. The molecule has 0 saturated carbocycles. The van der Waals surface area contributed by atoms with Crippen molar-refractivity contribution in [3.8, 4) is 11.5 Å². The second-order valence-corrected chi connectivity index (χ2v) is 9.62. The number of ether oxygens (including phenoxy) is 1. The number of anilines is 1. The SMILES string of the molecule is CC(C)[C@@H]1CN(C(=O)C(c2ccc(F)cc2)N(C(=O)CCl)c2ccc(Oc3ccccc3)cc2)CCN1. The maximum absolute atomic E-state index is 14.0. The fraction of sp³-hybridized carbons (Fsp3) is 0.310. The lowest BCUT2D eigenvalue weighted by molar-refractivity contribution is -0.135. The average molecular weight is 524 g/mol. The molecule has 1 unspecified atom stereocenters. The molecule has 8 heteroatoms. The maximum atomic E-state index is 14.0. The predicted molar refractivity (Wildman–Crippen MR) is 144 cm³/mol. The Morgan fingerprint density at radius 3 is 2.30 bits per heavy atom. The molecule has 1 heterocycles. The number of nitrogens with one attached hydrogen (secondary N) is 1. The normalized spacial score (nSPS) is 16.4. The molecule has 2 atom stereocenters. The summed E-state index contributed by atoms with van der Waals surface area (Å²) >= 11 is 6.04. The zero-order valence-corrected chi connectivity index (χ0v) is 21.7. The smallest absolute Gasteiger partial charge is 0.250 e. The van der Waals surface area contributed by atoms with Gasteiger partial charge in [0.1, 0.15) is 29.2 Å². The molecule has 1 saturated heterocycles. The van der Waals surface area contributed by atoms with Crippen molar-refractivity contribution in [2.75, 3.05) is 30.4 Å². The number of carbonyl (C=O) groups is 2. The molecule has 3 aromatic carbocycles. The van der Waals surface area contributed by atoms with E-state index in [-0.39, 0.29) is 17.8 Å². The molecule has 0 aliphatic carbocycles. The van der Waals surface area contributed by atoms with Crippen LogP contribution in [0.3, 0.4) is 0 Å². The highest BCUT2D eigenvalue weighted by molar-refractivity contribution is 6.29. The van der Waals surface area contributed by atoms with Gasteiger partial charge in [-0.2, -0.15) is 0 Å². The third-order valence-corrected chi connectivity index (χ3v) is 6.71. The minimum Gasteiger partial charge on any atom is -0.457 e. The maximum Gasteiger partial charge on any atom is 0.250 e. The molecule has 2 amide bonds. The van der Waals surface area contributed by atoms with Gasteiger partial charge in [0.25, 0.3) is 5.91 Å². The third kappa shape index (κ3) is 6.48. The molecule has 0 aromatic heterocycles. The molecular weight excluding hydrogens is 493 g/mol. The van der Waals surface area contributed by atoms with E-state index in [0.29, 0.717) is 48.3 Å². The van der Waals surface area contributed by atoms with Crippen molar-refractivity contribution in [3.05, 3.63) is 90.2 Å². The highest BCUT2D eigenvalue weighted by atomic mass is 35.5. The summed E-state index contributed by atoms with van der Waals surface area (Å²) in [5.41, 5.74) is 0.999. The number of nitrogens with zero attached hydrogens (tertiary/aromatic N) is 2. The van der Waals surface area contributed by atoms with Crippen molar-refractivity contribution < 1.29 is 18.7 Å². The minimum absolute atomic E-state index is 0.137. The Morgan fingerprint density at radius 2 is 1.68 bits per heavy atom. The topological polar surface area (TPSA) is 61.9 Å². The van der Waals surface area contributed by atoms with Gasteiger partial charge in [-0.25, -0.2) is 4.39 Å². The Labute approximate surface area is 222 Å². The van der Waals surface area contributed by atoms with Crippen LogP contribution in [0.5, 0.6) is 11.5 Å². The minimum atomic E-state index is -1.00. The van der Waals surface area contributed by atoms with Gasteiger partial charge >= 0.3 is 0 Å². The van der Waals surface area contributed by atoms with Crippen LogP contribution in [-0.2, 0) is 9.59 Å². The fourth-order valence-corrected chi connectivity index (χ4v) is 4.57. The van der Waals surface area contributed by atoms with Crippen LogP contribution in [-0.4, -0.2) is 48.3 Å². The van der Waals surface area contributed by atoms with Gasteiger partial charge in [-0.1, -0.05) is 44.2 Å². The van der Waals surface area contributed by atoms with E-state index in [1.54, 1.807) is 41.3 Å². The van der Waals surface area contributed by atoms with Crippen molar-refractivity contribution >= 4 is 29.1 Å². The summed E-state index contributed by atoms with van der Waals surface area (Å²) in [6.07, 6.45) is 0. The predicted octanol–water partition coefficient (Wildman–Crippen LogP) is 5.39. The molecule has 0 radical (unpaired) electrons. The zero-order valence-electron chi connectivity index (χ0n) is 20.9. The van der Waals surface area contributed by atoms with Crippen molar-refractivity contribution in [3.63, 3.8) is 0 Å². The molecule has 6 nitrogen and oxygen atoms in total. The van der Waals surface area contributed by atoms with Crippen molar-refractivity contribution in [2.45, 2.75) is 25.9 Å². The molecule has 1 aliphatic rings. The number of benzene rings is 3. The molecule has 1 N–H and O–H groups in total. The largest absolute Gasteiger partial charge is 0.457 e. The van der Waals surface area contributed by atoms with Gasteiger partial charge in [-0.05, 0) is 60.0 Å². The van der Waals surface area contributed by atoms with Gasteiger partial charge in [0.05, 0.1) is 0 Å². The second-order valence-electron chi connectivity index (χ2n) is 9.35. The van der Waals surface area contributed by atoms with E-state index in [1.165, 1.54) is 17.0 Å². The van der Waals surface area contributed by atoms with Crippen LogP contribution in [0.4, 0.5) is 10.1 Å². The van der Waals surface area contributed by atoms with Gasteiger partial charge < -0.3 is 15.0 Å². The number of para-hydroxylation sites is 1. The van der Waals surface area contributed by atoms with Gasteiger partial charge in [0.2, 0.25) is 5.91 Å². The van der Waals surface area contributed by atoms with Crippen LogP contribution in [0, 0.1) is 11.7 Å². The molecule has 3 aromatic rings. The van der Waals surface area contributed by atoms with Crippen molar-refractivity contribution in [2.24, 2.45) is 5.92 Å². The first kappa shape index (κ1) is 26.6. The number of piperazine rings is 1. The van der Waals surface area contributed by atoms with Crippen LogP contribution < -0.4 is 15.0 Å². The third-order valence-electron chi connectivity index (χ3n) is 6.48. The summed E-state index contributed by atoms with van der Waals surface area (Å²) in [5, 5.41) is 3.45. The Balaban J connectivity index is 1.70. The van der Waals surface area contributed by atoms with E-state index < -0.39 is 17.8 Å². The van der Waals surface area contributed by atoms with Crippen molar-refractivity contribution in [1.29, 1.82) is 0 Å². The Morgan fingerprint density at radius 1 is 1.03 bits per heavy atom. The Hall–Kier alpha value is -3.42. The summed E-state index contributed by atoms with van der Waals surface area (Å²) in [6.45, 7) is 5.88. The molecule has 0 bridgehead atoms. The quantitative estimate of drug-likeness (QED) is 0.402. The first-order valence-electron chi connectivity index (χ1n) is 12.4. The number of halogens is 2. The van der Waals surface area contributed by atoms with E-state index in [9.17, 15) is 14.0 Å². The van der Waals surface area contributed by atoms with Gasteiger partial charge in [-0.3, -0.25) is 14.5 Å². The summed E-state index contributed by atoms with van der Waals surface area (Å²) in [5.74, 6) is 0.191. The number of hydrogen-bond donors (Lipinski definition) is 1. The summed E-state index contributed by atoms with van der Waals surface area (Å²) in [7, 11) is 0. The van der Waals surface area contributed by atoms with Crippen LogP contribution in [0.2, 0.25) is 0 Å². The van der Waals surface area contributed by atoms with Gasteiger partial charge in [-0.15, -0.1) is 11.6 Å². The lowest BCUT2D eigenvalue weighted by atomic mass is 9.98.